The molecule has 0 bridgehead atoms. The number of ether oxygens (including phenoxy) is 1. The molecule has 1 rings (SSSR count). The van der Waals surface area contributed by atoms with Crippen molar-refractivity contribution >= 4 is 15.9 Å². The number of pyridine rings is 1. The smallest absolute Gasteiger partial charge is 0.0462 e. The summed E-state index contributed by atoms with van der Waals surface area (Å²) in [4.78, 5) is 4.22. The zero-order valence-electron chi connectivity index (χ0n) is 10.6. The van der Waals surface area contributed by atoms with E-state index in [2.05, 4.69) is 39.2 Å². The lowest BCUT2D eigenvalue weighted by Gasteiger charge is -2.18. The number of aromatic nitrogens is 1. The Hall–Kier alpha value is -0.450. The zero-order valence-corrected chi connectivity index (χ0v) is 12.2. The first-order valence-corrected chi connectivity index (χ1v) is 6.90. The standard InChI is InChI=1S/C13H21BrN2O/c1-3-6-16-13(5-4-7-17-2)11-8-12(14)10-15-9-11/h8-10,13,16H,3-7H2,1-2H3. The third-order valence-corrected chi connectivity index (χ3v) is 3.04. The molecular formula is C13H21BrN2O. The molecule has 0 aliphatic rings. The molecule has 0 aliphatic carbocycles. The Kier molecular flexibility index (Phi) is 7.40. The fourth-order valence-electron chi connectivity index (χ4n) is 1.76. The Bertz CT molecular complexity index is 320. The van der Waals surface area contributed by atoms with Crippen LogP contribution in [0.2, 0.25) is 0 Å². The number of hydrogen-bond donors (Lipinski definition) is 1. The monoisotopic (exact) mass is 300 g/mol. The summed E-state index contributed by atoms with van der Waals surface area (Å²) in [5.41, 5.74) is 1.24. The van der Waals surface area contributed by atoms with Gasteiger partial charge < -0.3 is 10.1 Å². The SMILES string of the molecule is CCCNC(CCCOC)c1cncc(Br)c1. The van der Waals surface area contributed by atoms with Crippen LogP contribution in [0, 0.1) is 0 Å². The van der Waals surface area contributed by atoms with Gasteiger partial charge in [-0.1, -0.05) is 6.92 Å². The van der Waals surface area contributed by atoms with Crippen molar-refractivity contribution in [2.24, 2.45) is 0 Å². The minimum atomic E-state index is 0.370. The molecule has 3 nitrogen and oxygen atoms in total. The van der Waals surface area contributed by atoms with Gasteiger partial charge in [-0.15, -0.1) is 0 Å². The summed E-state index contributed by atoms with van der Waals surface area (Å²) in [7, 11) is 1.75. The van der Waals surface area contributed by atoms with Gasteiger partial charge in [0.1, 0.15) is 0 Å². The van der Waals surface area contributed by atoms with Crippen molar-refractivity contribution in [1.29, 1.82) is 0 Å². The van der Waals surface area contributed by atoms with E-state index in [9.17, 15) is 0 Å². The molecule has 0 radical (unpaired) electrons. The van der Waals surface area contributed by atoms with Crippen molar-refractivity contribution in [2.75, 3.05) is 20.3 Å². The Balaban J connectivity index is 2.60. The second kappa shape index (κ2) is 8.61. The topological polar surface area (TPSA) is 34.1 Å². The van der Waals surface area contributed by atoms with Crippen LogP contribution in [0.5, 0.6) is 0 Å². The maximum absolute atomic E-state index is 5.10. The highest BCUT2D eigenvalue weighted by Gasteiger charge is 2.10. The maximum atomic E-state index is 5.10. The van der Waals surface area contributed by atoms with Gasteiger partial charge in [0.2, 0.25) is 0 Å². The molecule has 1 N–H and O–H groups in total. The molecule has 1 heterocycles. The van der Waals surface area contributed by atoms with Gasteiger partial charge in [0.15, 0.2) is 0 Å². The lowest BCUT2D eigenvalue weighted by molar-refractivity contribution is 0.188. The van der Waals surface area contributed by atoms with E-state index in [1.54, 1.807) is 7.11 Å². The van der Waals surface area contributed by atoms with Crippen LogP contribution in [0.1, 0.15) is 37.8 Å². The summed E-state index contributed by atoms with van der Waals surface area (Å²) in [5, 5.41) is 3.56. The number of hydrogen-bond acceptors (Lipinski definition) is 3. The molecule has 17 heavy (non-hydrogen) atoms. The molecule has 0 aromatic carbocycles. The van der Waals surface area contributed by atoms with Crippen molar-refractivity contribution in [3.8, 4) is 0 Å². The molecule has 0 saturated heterocycles. The van der Waals surface area contributed by atoms with Crippen LogP contribution >= 0.6 is 15.9 Å². The molecule has 0 spiro atoms. The van der Waals surface area contributed by atoms with Gasteiger partial charge in [0.25, 0.3) is 0 Å². The summed E-state index contributed by atoms with van der Waals surface area (Å²) in [6.07, 6.45) is 7.03. The lowest BCUT2D eigenvalue weighted by atomic mass is 10.0. The van der Waals surface area contributed by atoms with Crippen LogP contribution in [0.15, 0.2) is 22.9 Å². The highest BCUT2D eigenvalue weighted by molar-refractivity contribution is 9.10. The van der Waals surface area contributed by atoms with Gasteiger partial charge >= 0.3 is 0 Å². The molecular weight excluding hydrogens is 280 g/mol. The maximum Gasteiger partial charge on any atom is 0.0462 e. The summed E-state index contributed by atoms with van der Waals surface area (Å²) in [6, 6.07) is 2.50. The Morgan fingerprint density at radius 1 is 1.47 bits per heavy atom. The number of methoxy groups -OCH3 is 1. The quantitative estimate of drug-likeness (QED) is 0.748. The average molecular weight is 301 g/mol. The first kappa shape index (κ1) is 14.6. The summed E-state index contributed by atoms with van der Waals surface area (Å²) >= 11 is 3.47. The average Bonchev–Trinajstić information content (AvgIpc) is 2.33. The minimum absolute atomic E-state index is 0.370. The highest BCUT2D eigenvalue weighted by atomic mass is 79.9. The molecule has 1 aromatic rings. The van der Waals surface area contributed by atoms with Gasteiger partial charge in [-0.2, -0.15) is 0 Å². The fraction of sp³-hybridized carbons (Fsp3) is 0.615. The first-order valence-electron chi connectivity index (χ1n) is 6.10. The van der Waals surface area contributed by atoms with Gasteiger partial charge in [0.05, 0.1) is 0 Å². The molecule has 0 aliphatic heterocycles. The van der Waals surface area contributed by atoms with E-state index in [0.29, 0.717) is 6.04 Å². The number of nitrogens with zero attached hydrogens (tertiary/aromatic N) is 1. The molecule has 1 atom stereocenters. The molecule has 0 fully saturated rings. The van der Waals surface area contributed by atoms with E-state index >= 15 is 0 Å². The van der Waals surface area contributed by atoms with E-state index in [1.807, 2.05) is 12.4 Å². The third-order valence-electron chi connectivity index (χ3n) is 2.61. The largest absolute Gasteiger partial charge is 0.385 e. The van der Waals surface area contributed by atoms with Crippen molar-refractivity contribution in [3.63, 3.8) is 0 Å². The molecule has 1 unspecified atom stereocenters. The highest BCUT2D eigenvalue weighted by Crippen LogP contribution is 2.20. The van der Waals surface area contributed by atoms with E-state index in [4.69, 9.17) is 4.74 Å². The summed E-state index contributed by atoms with van der Waals surface area (Å²) < 4.78 is 6.14. The Labute approximate surface area is 112 Å². The van der Waals surface area contributed by atoms with Gasteiger partial charge in [0, 0.05) is 36.6 Å². The molecule has 0 saturated carbocycles. The van der Waals surface area contributed by atoms with Crippen molar-refractivity contribution in [2.45, 2.75) is 32.2 Å². The van der Waals surface area contributed by atoms with Gasteiger partial charge in [-0.3, -0.25) is 4.98 Å². The summed E-state index contributed by atoms with van der Waals surface area (Å²) in [6.45, 7) is 4.02. The first-order chi connectivity index (χ1) is 8.27. The molecule has 1 aromatic heterocycles. The van der Waals surface area contributed by atoms with Crippen LogP contribution < -0.4 is 5.32 Å². The lowest BCUT2D eigenvalue weighted by Crippen LogP contribution is -2.22. The van der Waals surface area contributed by atoms with Gasteiger partial charge in [-0.05, 0) is 53.4 Å². The van der Waals surface area contributed by atoms with Crippen LogP contribution in [0.4, 0.5) is 0 Å². The van der Waals surface area contributed by atoms with E-state index in [-0.39, 0.29) is 0 Å². The molecule has 4 heteroatoms. The Morgan fingerprint density at radius 3 is 2.94 bits per heavy atom. The number of rotatable bonds is 8. The predicted octanol–water partition coefficient (Wildman–Crippen LogP) is 3.31. The number of halogens is 1. The minimum Gasteiger partial charge on any atom is -0.385 e. The van der Waals surface area contributed by atoms with Crippen LogP contribution in [-0.4, -0.2) is 25.2 Å². The Morgan fingerprint density at radius 2 is 2.29 bits per heavy atom. The van der Waals surface area contributed by atoms with Crippen molar-refractivity contribution in [3.05, 3.63) is 28.5 Å². The van der Waals surface area contributed by atoms with E-state index < -0.39 is 0 Å². The zero-order chi connectivity index (χ0) is 12.5. The predicted molar refractivity (Wildman–Crippen MR) is 74.1 cm³/mol. The fourth-order valence-corrected chi connectivity index (χ4v) is 2.14. The third kappa shape index (κ3) is 5.61. The van der Waals surface area contributed by atoms with E-state index in [0.717, 1.165) is 36.9 Å². The van der Waals surface area contributed by atoms with Crippen LogP contribution in [0.3, 0.4) is 0 Å². The van der Waals surface area contributed by atoms with Crippen LogP contribution in [-0.2, 0) is 4.74 Å². The summed E-state index contributed by atoms with van der Waals surface area (Å²) in [5.74, 6) is 0. The second-order valence-corrected chi connectivity index (χ2v) is 4.99. The second-order valence-electron chi connectivity index (χ2n) is 4.08. The molecule has 0 amide bonds. The van der Waals surface area contributed by atoms with Crippen molar-refractivity contribution < 1.29 is 4.74 Å². The normalized spacial score (nSPS) is 12.6. The van der Waals surface area contributed by atoms with Crippen molar-refractivity contribution in [1.82, 2.24) is 10.3 Å². The number of nitrogens with one attached hydrogen (secondary N) is 1. The van der Waals surface area contributed by atoms with Gasteiger partial charge in [-0.25, -0.2) is 0 Å². The van der Waals surface area contributed by atoms with Crippen LogP contribution in [0.25, 0.3) is 0 Å². The van der Waals surface area contributed by atoms with E-state index in [1.165, 1.54) is 5.56 Å². The molecule has 96 valence electrons.